The van der Waals surface area contributed by atoms with E-state index in [1.54, 1.807) is 7.11 Å². The maximum atomic E-state index is 11.7. The molecule has 126 valence electrons. The van der Waals surface area contributed by atoms with Crippen molar-refractivity contribution in [2.45, 2.75) is 25.7 Å². The van der Waals surface area contributed by atoms with Gasteiger partial charge in [0.05, 0.1) is 13.2 Å². The highest BCUT2D eigenvalue weighted by molar-refractivity contribution is 5.73. The molecule has 0 aromatic heterocycles. The van der Waals surface area contributed by atoms with Crippen LogP contribution in [0.2, 0.25) is 0 Å². The van der Waals surface area contributed by atoms with Crippen LogP contribution in [0.25, 0.3) is 0 Å². The van der Waals surface area contributed by atoms with Crippen LogP contribution in [0.1, 0.15) is 23.1 Å². The third-order valence-electron chi connectivity index (χ3n) is 4.23. The first-order valence-corrected chi connectivity index (χ1v) is 8.23. The van der Waals surface area contributed by atoms with E-state index >= 15 is 0 Å². The van der Waals surface area contributed by atoms with Gasteiger partial charge in [-0.1, -0.05) is 0 Å². The minimum atomic E-state index is -0.137. The lowest BCUT2D eigenvalue weighted by molar-refractivity contribution is 0.193. The van der Waals surface area contributed by atoms with E-state index in [9.17, 15) is 4.79 Å². The van der Waals surface area contributed by atoms with Crippen molar-refractivity contribution in [2.24, 2.45) is 0 Å². The summed E-state index contributed by atoms with van der Waals surface area (Å²) >= 11 is 0. The monoisotopic (exact) mass is 320 g/mol. The fourth-order valence-electron chi connectivity index (χ4n) is 3.13. The first kappa shape index (κ1) is 15.9. The number of fused-ring (bicyclic) bond motifs is 2. The Kier molecular flexibility index (Phi) is 5.23. The second kappa shape index (κ2) is 7.55. The van der Waals surface area contributed by atoms with Crippen molar-refractivity contribution in [3.63, 3.8) is 0 Å². The maximum Gasteiger partial charge on any atom is 0.314 e. The Hall–Kier alpha value is -1.95. The summed E-state index contributed by atoms with van der Waals surface area (Å²) in [6.45, 7) is 3.33. The number of urea groups is 1. The third kappa shape index (κ3) is 3.69. The quantitative estimate of drug-likeness (QED) is 0.746. The molecule has 23 heavy (non-hydrogen) atoms. The number of methoxy groups -OCH3 is 1. The molecule has 0 fully saturated rings. The van der Waals surface area contributed by atoms with E-state index in [0.29, 0.717) is 19.7 Å². The number of hydrogen-bond acceptors (Lipinski definition) is 4. The molecule has 0 saturated heterocycles. The molecule has 0 atom stereocenters. The minimum absolute atomic E-state index is 0.137. The summed E-state index contributed by atoms with van der Waals surface area (Å²) in [5.74, 6) is 2.00. The van der Waals surface area contributed by atoms with Crippen LogP contribution in [0.15, 0.2) is 6.07 Å². The van der Waals surface area contributed by atoms with Crippen LogP contribution in [-0.4, -0.2) is 46.1 Å². The average molecular weight is 320 g/mol. The molecule has 2 aliphatic heterocycles. The molecular weight excluding hydrogens is 296 g/mol. The molecule has 2 N–H and O–H groups in total. The predicted molar refractivity (Wildman–Crippen MR) is 86.4 cm³/mol. The molecule has 0 bridgehead atoms. The predicted octanol–water partition coefficient (Wildman–Crippen LogP) is 1.43. The second-order valence-corrected chi connectivity index (χ2v) is 5.80. The van der Waals surface area contributed by atoms with Gasteiger partial charge in [-0.05, 0) is 18.9 Å². The van der Waals surface area contributed by atoms with E-state index in [2.05, 4.69) is 16.7 Å². The Balaban J connectivity index is 1.54. The lowest BCUT2D eigenvalue weighted by Gasteiger charge is -2.13. The smallest absolute Gasteiger partial charge is 0.314 e. The molecule has 1 aromatic rings. The highest BCUT2D eigenvalue weighted by Gasteiger charge is 2.26. The zero-order valence-corrected chi connectivity index (χ0v) is 13.6. The standard InChI is InChI=1S/C17H24N2O4/c1-21-8-2-6-18-17(20)19-7-3-14-13-5-10-22-15(13)11-12-4-9-23-16(12)14/h11H,2-10H2,1H3,(H2,18,19,20). The van der Waals surface area contributed by atoms with Crippen LogP contribution >= 0.6 is 0 Å². The SMILES string of the molecule is COCCCNC(=O)NCCc1c2c(cc3c1OCC3)OCC2. The molecule has 2 heterocycles. The summed E-state index contributed by atoms with van der Waals surface area (Å²) in [7, 11) is 1.66. The minimum Gasteiger partial charge on any atom is -0.493 e. The largest absolute Gasteiger partial charge is 0.493 e. The topological polar surface area (TPSA) is 68.8 Å². The molecule has 0 unspecified atom stereocenters. The van der Waals surface area contributed by atoms with Crippen LogP contribution in [0, 0.1) is 0 Å². The van der Waals surface area contributed by atoms with Crippen molar-refractivity contribution < 1.29 is 19.0 Å². The normalized spacial score (nSPS) is 14.7. The molecule has 0 radical (unpaired) electrons. The van der Waals surface area contributed by atoms with E-state index in [1.807, 2.05) is 0 Å². The number of hydrogen-bond donors (Lipinski definition) is 2. The molecule has 1 aromatic carbocycles. The van der Waals surface area contributed by atoms with E-state index < -0.39 is 0 Å². The van der Waals surface area contributed by atoms with Crippen molar-refractivity contribution >= 4 is 6.03 Å². The van der Waals surface area contributed by atoms with Gasteiger partial charge in [-0.15, -0.1) is 0 Å². The molecule has 0 aliphatic carbocycles. The number of carbonyl (C=O) groups excluding carboxylic acids is 1. The maximum absolute atomic E-state index is 11.7. The van der Waals surface area contributed by atoms with Gasteiger partial charge in [-0.2, -0.15) is 0 Å². The first-order chi connectivity index (χ1) is 11.3. The Morgan fingerprint density at radius 3 is 2.91 bits per heavy atom. The number of benzene rings is 1. The van der Waals surface area contributed by atoms with Crippen molar-refractivity contribution in [3.8, 4) is 11.5 Å². The molecule has 3 rings (SSSR count). The van der Waals surface area contributed by atoms with Crippen LogP contribution in [-0.2, 0) is 24.0 Å². The van der Waals surface area contributed by atoms with Crippen molar-refractivity contribution in [3.05, 3.63) is 22.8 Å². The second-order valence-electron chi connectivity index (χ2n) is 5.80. The van der Waals surface area contributed by atoms with E-state index in [-0.39, 0.29) is 6.03 Å². The lowest BCUT2D eigenvalue weighted by Crippen LogP contribution is -2.37. The zero-order chi connectivity index (χ0) is 16.1. The van der Waals surface area contributed by atoms with Crippen molar-refractivity contribution in [1.29, 1.82) is 0 Å². The third-order valence-corrected chi connectivity index (χ3v) is 4.23. The van der Waals surface area contributed by atoms with E-state index in [1.165, 1.54) is 16.7 Å². The number of nitrogens with one attached hydrogen (secondary N) is 2. The molecule has 0 spiro atoms. The Morgan fingerprint density at radius 2 is 2.04 bits per heavy atom. The average Bonchev–Trinajstić information content (AvgIpc) is 3.19. The number of ether oxygens (including phenoxy) is 3. The van der Waals surface area contributed by atoms with Crippen LogP contribution < -0.4 is 20.1 Å². The van der Waals surface area contributed by atoms with Crippen molar-refractivity contribution in [2.75, 3.05) is 40.0 Å². The molecular formula is C17H24N2O4. The Labute approximate surface area is 136 Å². The Bertz CT molecular complexity index is 542. The van der Waals surface area contributed by atoms with E-state index in [4.69, 9.17) is 14.2 Å². The fraction of sp³-hybridized carbons (Fsp3) is 0.588. The van der Waals surface area contributed by atoms with Crippen molar-refractivity contribution in [1.82, 2.24) is 10.6 Å². The molecule has 2 aliphatic rings. The molecule has 0 saturated carbocycles. The van der Waals surface area contributed by atoms with Gasteiger partial charge >= 0.3 is 6.03 Å². The zero-order valence-electron chi connectivity index (χ0n) is 13.6. The number of carbonyl (C=O) groups is 1. The summed E-state index contributed by atoms with van der Waals surface area (Å²) in [4.78, 5) is 11.7. The molecule has 2 amide bonds. The van der Waals surface area contributed by atoms with Crippen LogP contribution in [0.5, 0.6) is 11.5 Å². The van der Waals surface area contributed by atoms with Gasteiger partial charge in [0, 0.05) is 56.3 Å². The summed E-state index contributed by atoms with van der Waals surface area (Å²) in [5.41, 5.74) is 3.67. The summed E-state index contributed by atoms with van der Waals surface area (Å²) in [6, 6.07) is 1.98. The summed E-state index contributed by atoms with van der Waals surface area (Å²) in [6.07, 6.45) is 3.44. The summed E-state index contributed by atoms with van der Waals surface area (Å²) < 4.78 is 16.5. The van der Waals surface area contributed by atoms with Gasteiger partial charge in [0.25, 0.3) is 0 Å². The highest BCUT2D eigenvalue weighted by Crippen LogP contribution is 2.40. The van der Waals surface area contributed by atoms with Gasteiger partial charge in [0.2, 0.25) is 0 Å². The Morgan fingerprint density at radius 1 is 1.22 bits per heavy atom. The van der Waals surface area contributed by atoms with Crippen LogP contribution in [0.3, 0.4) is 0 Å². The highest BCUT2D eigenvalue weighted by atomic mass is 16.5. The lowest BCUT2D eigenvalue weighted by atomic mass is 9.97. The molecule has 6 heteroatoms. The van der Waals surface area contributed by atoms with E-state index in [0.717, 1.165) is 50.4 Å². The first-order valence-electron chi connectivity index (χ1n) is 8.23. The number of amides is 2. The summed E-state index contributed by atoms with van der Waals surface area (Å²) in [5, 5.41) is 5.73. The van der Waals surface area contributed by atoms with Gasteiger partial charge < -0.3 is 24.8 Å². The van der Waals surface area contributed by atoms with Gasteiger partial charge in [-0.25, -0.2) is 4.79 Å². The number of rotatable bonds is 7. The van der Waals surface area contributed by atoms with Gasteiger partial charge in [0.15, 0.2) is 0 Å². The molecule has 6 nitrogen and oxygen atoms in total. The van der Waals surface area contributed by atoms with Gasteiger partial charge in [-0.3, -0.25) is 0 Å². The van der Waals surface area contributed by atoms with Crippen LogP contribution in [0.4, 0.5) is 4.79 Å². The fourth-order valence-corrected chi connectivity index (χ4v) is 3.13. The van der Waals surface area contributed by atoms with Gasteiger partial charge in [0.1, 0.15) is 11.5 Å².